The van der Waals surface area contributed by atoms with Crippen molar-refractivity contribution in [2.75, 3.05) is 18.9 Å². The molecule has 2 heterocycles. The third kappa shape index (κ3) is 3.65. The maximum Gasteiger partial charge on any atom is 0.263 e. The van der Waals surface area contributed by atoms with Crippen molar-refractivity contribution in [2.24, 2.45) is 0 Å². The summed E-state index contributed by atoms with van der Waals surface area (Å²) in [7, 11) is -0.846. The number of thiophene rings is 1. The third-order valence-corrected chi connectivity index (χ3v) is 6.86. The van der Waals surface area contributed by atoms with E-state index in [2.05, 4.69) is 9.88 Å². The third-order valence-electron chi connectivity index (χ3n) is 4.19. The van der Waals surface area contributed by atoms with E-state index in [9.17, 15) is 8.42 Å². The number of methoxy groups -OCH3 is 2. The Labute approximate surface area is 162 Å². The summed E-state index contributed by atoms with van der Waals surface area (Å²) in [6.45, 7) is 5.49. The molecule has 0 saturated heterocycles. The molecule has 0 bridgehead atoms. The van der Waals surface area contributed by atoms with E-state index < -0.39 is 10.0 Å². The Hall–Kier alpha value is -2.52. The Kier molecular flexibility index (Phi) is 5.16. The van der Waals surface area contributed by atoms with Crippen molar-refractivity contribution in [2.45, 2.75) is 25.7 Å². The summed E-state index contributed by atoms with van der Waals surface area (Å²) < 4.78 is 44.3. The van der Waals surface area contributed by atoms with Gasteiger partial charge in [-0.25, -0.2) is 8.42 Å². The first kappa shape index (κ1) is 19.2. The van der Waals surface area contributed by atoms with Crippen LogP contribution in [0.15, 0.2) is 33.7 Å². The molecule has 3 rings (SSSR count). The Morgan fingerprint density at radius 1 is 1.11 bits per heavy atom. The number of nitrogens with zero attached hydrogens (tertiary/aromatic N) is 1. The van der Waals surface area contributed by atoms with Crippen LogP contribution in [0.1, 0.15) is 16.1 Å². The lowest BCUT2D eigenvalue weighted by atomic mass is 10.2. The van der Waals surface area contributed by atoms with Crippen LogP contribution in [-0.2, 0) is 10.0 Å². The summed E-state index contributed by atoms with van der Waals surface area (Å²) in [5.41, 5.74) is 1.97. The molecule has 0 unspecified atom stereocenters. The zero-order chi connectivity index (χ0) is 19.8. The molecule has 1 aromatic carbocycles. The van der Waals surface area contributed by atoms with Crippen LogP contribution in [0.2, 0.25) is 0 Å². The van der Waals surface area contributed by atoms with Crippen LogP contribution in [0.4, 0.5) is 5.69 Å². The number of sulfonamides is 1. The molecule has 0 spiro atoms. The van der Waals surface area contributed by atoms with Gasteiger partial charge in [0.05, 0.1) is 30.5 Å². The summed E-state index contributed by atoms with van der Waals surface area (Å²) in [6.07, 6.45) is 0. The fourth-order valence-electron chi connectivity index (χ4n) is 2.58. The molecule has 0 aliphatic carbocycles. The van der Waals surface area contributed by atoms with Gasteiger partial charge in [0.1, 0.15) is 16.4 Å². The van der Waals surface area contributed by atoms with Crippen LogP contribution < -0.4 is 14.2 Å². The summed E-state index contributed by atoms with van der Waals surface area (Å²) in [5, 5.41) is 3.94. The van der Waals surface area contributed by atoms with Gasteiger partial charge in [-0.05, 0) is 39.0 Å². The number of rotatable bonds is 6. The second-order valence-electron chi connectivity index (χ2n) is 5.92. The van der Waals surface area contributed by atoms with Gasteiger partial charge >= 0.3 is 0 Å². The number of hydrogen-bond donors (Lipinski definition) is 1. The number of benzene rings is 1. The van der Waals surface area contributed by atoms with Crippen LogP contribution in [0.25, 0.3) is 10.6 Å². The normalized spacial score (nSPS) is 11.4. The van der Waals surface area contributed by atoms with Crippen molar-refractivity contribution in [3.63, 3.8) is 0 Å². The average molecular weight is 409 g/mol. The highest BCUT2D eigenvalue weighted by molar-refractivity contribution is 7.93. The van der Waals surface area contributed by atoms with Crippen molar-refractivity contribution in [1.29, 1.82) is 0 Å². The fraction of sp³-hybridized carbons (Fsp3) is 0.278. The van der Waals surface area contributed by atoms with Crippen molar-refractivity contribution in [3.8, 4) is 22.1 Å². The number of aryl methyl sites for hydroxylation is 2. The quantitative estimate of drug-likeness (QED) is 0.659. The molecule has 0 radical (unpaired) electrons. The van der Waals surface area contributed by atoms with E-state index in [1.165, 1.54) is 25.6 Å². The van der Waals surface area contributed by atoms with Gasteiger partial charge in [-0.2, -0.15) is 0 Å². The van der Waals surface area contributed by atoms with E-state index in [-0.39, 0.29) is 4.90 Å². The fourth-order valence-corrected chi connectivity index (χ4v) is 5.27. The molecular formula is C18H20N2O5S2. The molecule has 0 fully saturated rings. The summed E-state index contributed by atoms with van der Waals surface area (Å²) in [6, 6.07) is 6.51. The van der Waals surface area contributed by atoms with Crippen molar-refractivity contribution in [1.82, 2.24) is 5.16 Å². The highest BCUT2D eigenvalue weighted by Gasteiger charge is 2.24. The maximum absolute atomic E-state index is 13.0. The number of anilines is 1. The van der Waals surface area contributed by atoms with Gasteiger partial charge in [-0.3, -0.25) is 4.72 Å². The lowest BCUT2D eigenvalue weighted by Gasteiger charge is -2.13. The predicted octanol–water partition coefficient (Wildman–Crippen LogP) is 4.15. The second-order valence-corrected chi connectivity index (χ2v) is 8.83. The van der Waals surface area contributed by atoms with Crippen LogP contribution in [0, 0.1) is 20.8 Å². The molecule has 0 saturated carbocycles. The van der Waals surface area contributed by atoms with Gasteiger partial charge in [-0.15, -0.1) is 11.3 Å². The topological polar surface area (TPSA) is 90.7 Å². The summed E-state index contributed by atoms with van der Waals surface area (Å²) in [4.78, 5) is 1.54. The summed E-state index contributed by atoms with van der Waals surface area (Å²) in [5.74, 6) is 1.50. The van der Waals surface area contributed by atoms with Gasteiger partial charge in [0, 0.05) is 16.5 Å². The van der Waals surface area contributed by atoms with Crippen LogP contribution in [0.5, 0.6) is 11.5 Å². The zero-order valence-corrected chi connectivity index (χ0v) is 17.2. The molecule has 2 aromatic heterocycles. The predicted molar refractivity (Wildman–Crippen MR) is 104 cm³/mol. The monoisotopic (exact) mass is 408 g/mol. The molecule has 0 aliphatic heterocycles. The van der Waals surface area contributed by atoms with Crippen LogP contribution >= 0.6 is 11.3 Å². The Balaban J connectivity index is 2.00. The van der Waals surface area contributed by atoms with E-state index in [4.69, 9.17) is 14.0 Å². The average Bonchev–Trinajstić information content (AvgIpc) is 3.18. The number of nitrogens with one attached hydrogen (secondary N) is 1. The highest BCUT2D eigenvalue weighted by Crippen LogP contribution is 2.37. The molecule has 0 amide bonds. The highest BCUT2D eigenvalue weighted by atomic mass is 32.2. The molecule has 3 aromatic rings. The number of aromatic nitrogens is 1. The minimum absolute atomic E-state index is 0.181. The van der Waals surface area contributed by atoms with Gasteiger partial charge in [0.15, 0.2) is 5.76 Å². The Bertz CT molecular complexity index is 1080. The van der Waals surface area contributed by atoms with Gasteiger partial charge in [0.25, 0.3) is 10.0 Å². The first-order valence-corrected chi connectivity index (χ1v) is 10.3. The Morgan fingerprint density at radius 3 is 2.44 bits per heavy atom. The van der Waals surface area contributed by atoms with E-state index in [1.807, 2.05) is 13.8 Å². The van der Waals surface area contributed by atoms with Crippen molar-refractivity contribution >= 4 is 27.0 Å². The largest absolute Gasteiger partial charge is 0.497 e. The smallest absolute Gasteiger partial charge is 0.263 e. The van der Waals surface area contributed by atoms with Crippen LogP contribution in [0.3, 0.4) is 0 Å². The van der Waals surface area contributed by atoms with Crippen LogP contribution in [-0.4, -0.2) is 27.8 Å². The summed E-state index contributed by atoms with van der Waals surface area (Å²) >= 11 is 1.34. The molecule has 0 atom stereocenters. The molecule has 144 valence electrons. The first-order chi connectivity index (χ1) is 12.8. The first-order valence-electron chi connectivity index (χ1n) is 8.05. The van der Waals surface area contributed by atoms with E-state index in [0.29, 0.717) is 32.7 Å². The lowest BCUT2D eigenvalue weighted by Crippen LogP contribution is -2.14. The second kappa shape index (κ2) is 7.24. The maximum atomic E-state index is 13.0. The Morgan fingerprint density at radius 2 is 1.85 bits per heavy atom. The van der Waals surface area contributed by atoms with E-state index in [0.717, 1.165) is 11.3 Å². The van der Waals surface area contributed by atoms with E-state index in [1.54, 1.807) is 31.2 Å². The van der Waals surface area contributed by atoms with Gasteiger partial charge < -0.3 is 14.0 Å². The molecule has 7 nitrogen and oxygen atoms in total. The lowest BCUT2D eigenvalue weighted by molar-refractivity contribution is 0.405. The number of ether oxygens (including phenoxy) is 2. The minimum Gasteiger partial charge on any atom is -0.497 e. The molecular weight excluding hydrogens is 388 g/mol. The number of hydrogen-bond acceptors (Lipinski definition) is 7. The molecule has 0 aliphatic rings. The zero-order valence-electron chi connectivity index (χ0n) is 15.6. The van der Waals surface area contributed by atoms with Gasteiger partial charge in [0.2, 0.25) is 0 Å². The molecule has 1 N–H and O–H groups in total. The standard InChI is InChI=1S/C18H20N2O5S2/c1-10-11(2)19-25-18(10)16-9-17(12(3)26-16)27(21,22)20-14-8-13(23-4)6-7-15(14)24-5/h6-9,20H,1-5H3. The molecule has 9 heteroatoms. The minimum atomic E-state index is -3.83. The van der Waals surface area contributed by atoms with E-state index >= 15 is 0 Å². The van der Waals surface area contributed by atoms with Crippen molar-refractivity contribution < 1.29 is 22.4 Å². The van der Waals surface area contributed by atoms with Gasteiger partial charge in [-0.1, -0.05) is 5.16 Å². The SMILES string of the molecule is COc1ccc(OC)c(NS(=O)(=O)c2cc(-c3onc(C)c3C)sc2C)c1. The molecule has 27 heavy (non-hydrogen) atoms. The van der Waals surface area contributed by atoms with Crippen molar-refractivity contribution in [3.05, 3.63) is 40.4 Å².